The third-order valence-electron chi connectivity index (χ3n) is 4.07. The van der Waals surface area contributed by atoms with Gasteiger partial charge in [0.15, 0.2) is 0 Å². The Morgan fingerprint density at radius 2 is 1.88 bits per heavy atom. The van der Waals surface area contributed by atoms with E-state index in [2.05, 4.69) is 10.3 Å². The highest BCUT2D eigenvalue weighted by atomic mass is 35.5. The van der Waals surface area contributed by atoms with Crippen molar-refractivity contribution in [2.45, 2.75) is 17.7 Å². The molecule has 0 aliphatic carbocycles. The van der Waals surface area contributed by atoms with Gasteiger partial charge in [0.25, 0.3) is 15.9 Å². The Morgan fingerprint density at radius 3 is 2.69 bits per heavy atom. The molecule has 1 aliphatic rings. The largest absolute Gasteiger partial charge is 0.362 e. The number of nitrogens with one attached hydrogen (secondary N) is 2. The molecule has 9 heteroatoms. The van der Waals surface area contributed by atoms with Crippen LogP contribution in [0.2, 0.25) is 10.0 Å². The van der Waals surface area contributed by atoms with Crippen LogP contribution in [-0.2, 0) is 21.2 Å². The molecular formula is C17H17Cl2N3O3S. The highest BCUT2D eigenvalue weighted by Crippen LogP contribution is 2.28. The number of hydrazine groups is 1. The fourth-order valence-electron chi connectivity index (χ4n) is 2.86. The van der Waals surface area contributed by atoms with Crippen LogP contribution in [0.15, 0.2) is 47.4 Å². The minimum Gasteiger partial charge on any atom is -0.362 e. The van der Waals surface area contributed by atoms with Crippen molar-refractivity contribution in [2.24, 2.45) is 0 Å². The number of sulfonamides is 1. The van der Waals surface area contributed by atoms with Crippen LogP contribution in [0, 0.1) is 0 Å². The summed E-state index contributed by atoms with van der Waals surface area (Å²) in [4.78, 5) is 16.0. The van der Waals surface area contributed by atoms with Gasteiger partial charge in [0.1, 0.15) is 4.90 Å². The second kappa shape index (κ2) is 7.84. The van der Waals surface area contributed by atoms with Crippen molar-refractivity contribution in [3.05, 3.63) is 58.1 Å². The summed E-state index contributed by atoms with van der Waals surface area (Å²) in [5.41, 5.74) is 4.40. The molecule has 6 nitrogen and oxygen atoms in total. The van der Waals surface area contributed by atoms with E-state index in [-0.39, 0.29) is 21.5 Å². The molecular weight excluding hydrogens is 397 g/mol. The van der Waals surface area contributed by atoms with E-state index in [1.807, 2.05) is 29.2 Å². The zero-order valence-corrected chi connectivity index (χ0v) is 16.0. The molecule has 0 spiro atoms. The Kier molecular flexibility index (Phi) is 5.72. The maximum Gasteiger partial charge on any atom is 0.258 e. The number of carbonyl (C=O) groups excluding carboxylic acids is 1. The molecule has 0 unspecified atom stereocenters. The number of carbonyl (C=O) groups is 1. The molecule has 0 saturated carbocycles. The Hall–Kier alpha value is -1.80. The van der Waals surface area contributed by atoms with Gasteiger partial charge in [-0.3, -0.25) is 10.2 Å². The van der Waals surface area contributed by atoms with Crippen molar-refractivity contribution in [1.82, 2.24) is 10.3 Å². The van der Waals surface area contributed by atoms with Crippen molar-refractivity contribution in [2.75, 3.05) is 18.0 Å². The van der Waals surface area contributed by atoms with Gasteiger partial charge in [-0.2, -0.15) is 0 Å². The number of aryl methyl sites for hydroxylation is 1. The Morgan fingerprint density at radius 1 is 1.12 bits per heavy atom. The standard InChI is InChI=1S/C17H17Cl2N3O3S/c18-13-7-3-9-15(17(13)19)26(24,25)21-20-16(23)11-22-10-4-6-12-5-1-2-8-14(12)22/h1-3,5,7-9,21H,4,6,10-11H2,(H,20,23). The lowest BCUT2D eigenvalue weighted by Gasteiger charge is -2.30. The lowest BCUT2D eigenvalue weighted by molar-refractivity contribution is -0.120. The summed E-state index contributed by atoms with van der Waals surface area (Å²) >= 11 is 11.8. The summed E-state index contributed by atoms with van der Waals surface area (Å²) < 4.78 is 24.6. The number of hydrogen-bond acceptors (Lipinski definition) is 4. The first-order chi connectivity index (χ1) is 12.4. The number of anilines is 1. The summed E-state index contributed by atoms with van der Waals surface area (Å²) in [6.45, 7) is 0.778. The van der Waals surface area contributed by atoms with E-state index < -0.39 is 15.9 Å². The normalized spacial score (nSPS) is 14.0. The Balaban J connectivity index is 1.65. The predicted octanol–water partition coefficient (Wildman–Crippen LogP) is 2.76. The third kappa shape index (κ3) is 4.12. The van der Waals surface area contributed by atoms with E-state index in [9.17, 15) is 13.2 Å². The van der Waals surface area contributed by atoms with E-state index in [1.165, 1.54) is 23.8 Å². The highest BCUT2D eigenvalue weighted by molar-refractivity contribution is 7.89. The van der Waals surface area contributed by atoms with E-state index in [0.717, 1.165) is 25.1 Å². The SMILES string of the molecule is O=C(CN1CCCc2ccccc21)NNS(=O)(=O)c1cccc(Cl)c1Cl. The van der Waals surface area contributed by atoms with Gasteiger partial charge in [-0.1, -0.05) is 47.5 Å². The van der Waals surface area contributed by atoms with Crippen LogP contribution >= 0.6 is 23.2 Å². The second-order valence-corrected chi connectivity index (χ2v) is 8.30. The monoisotopic (exact) mass is 413 g/mol. The van der Waals surface area contributed by atoms with Crippen LogP contribution in [0.5, 0.6) is 0 Å². The number of halogens is 2. The molecule has 1 aliphatic heterocycles. The summed E-state index contributed by atoms with van der Waals surface area (Å²) in [7, 11) is -4.03. The van der Waals surface area contributed by atoms with E-state index in [4.69, 9.17) is 23.2 Å². The smallest absolute Gasteiger partial charge is 0.258 e. The fraction of sp³-hybridized carbons (Fsp3) is 0.235. The molecule has 138 valence electrons. The van der Waals surface area contributed by atoms with E-state index >= 15 is 0 Å². The van der Waals surface area contributed by atoms with Gasteiger partial charge in [0.05, 0.1) is 16.6 Å². The first-order valence-electron chi connectivity index (χ1n) is 7.96. The van der Waals surface area contributed by atoms with Gasteiger partial charge < -0.3 is 4.90 Å². The minimum atomic E-state index is -4.03. The molecule has 3 rings (SSSR count). The summed E-state index contributed by atoms with van der Waals surface area (Å²) in [5, 5.41) is 0.0201. The molecule has 0 atom stereocenters. The van der Waals surface area contributed by atoms with Crippen LogP contribution in [0.25, 0.3) is 0 Å². The number of fused-ring (bicyclic) bond motifs is 1. The highest BCUT2D eigenvalue weighted by Gasteiger charge is 2.22. The summed E-state index contributed by atoms with van der Waals surface area (Å²) in [5.74, 6) is -0.469. The zero-order valence-electron chi connectivity index (χ0n) is 13.7. The molecule has 0 saturated heterocycles. The number of rotatable bonds is 5. The molecule has 1 amide bonds. The number of benzene rings is 2. The van der Waals surface area contributed by atoms with Crippen LogP contribution in [0.4, 0.5) is 5.69 Å². The topological polar surface area (TPSA) is 78.5 Å². The number of hydrogen-bond donors (Lipinski definition) is 2. The molecule has 2 N–H and O–H groups in total. The van der Waals surface area contributed by atoms with Crippen LogP contribution < -0.4 is 15.2 Å². The van der Waals surface area contributed by atoms with Gasteiger partial charge in [-0.25, -0.2) is 8.42 Å². The van der Waals surface area contributed by atoms with Crippen LogP contribution in [0.1, 0.15) is 12.0 Å². The molecule has 0 fully saturated rings. The first-order valence-corrected chi connectivity index (χ1v) is 10.2. The average Bonchev–Trinajstić information content (AvgIpc) is 2.62. The maximum absolute atomic E-state index is 12.3. The minimum absolute atomic E-state index is 0.0445. The van der Waals surface area contributed by atoms with Gasteiger partial charge in [-0.15, -0.1) is 4.83 Å². The molecule has 26 heavy (non-hydrogen) atoms. The number of amides is 1. The summed E-state index contributed by atoms with van der Waals surface area (Å²) in [6.07, 6.45) is 1.91. The molecule has 0 radical (unpaired) electrons. The molecule has 2 aromatic carbocycles. The van der Waals surface area contributed by atoms with Crippen LogP contribution in [0.3, 0.4) is 0 Å². The number of nitrogens with zero attached hydrogens (tertiary/aromatic N) is 1. The zero-order chi connectivity index (χ0) is 18.7. The van der Waals surface area contributed by atoms with Gasteiger partial charge in [-0.05, 0) is 36.6 Å². The third-order valence-corrected chi connectivity index (χ3v) is 6.29. The lowest BCUT2D eigenvalue weighted by Crippen LogP contribution is -2.47. The summed E-state index contributed by atoms with van der Waals surface area (Å²) in [6, 6.07) is 12.1. The number of para-hydroxylation sites is 1. The lowest BCUT2D eigenvalue weighted by atomic mass is 10.0. The van der Waals surface area contributed by atoms with Crippen molar-refractivity contribution in [3.63, 3.8) is 0 Å². The average molecular weight is 414 g/mol. The van der Waals surface area contributed by atoms with Gasteiger partial charge >= 0.3 is 0 Å². The van der Waals surface area contributed by atoms with Gasteiger partial charge in [0, 0.05) is 12.2 Å². The quantitative estimate of drug-likeness (QED) is 0.738. The Labute approximate surface area is 162 Å². The van der Waals surface area contributed by atoms with Crippen molar-refractivity contribution >= 4 is 44.8 Å². The van der Waals surface area contributed by atoms with E-state index in [0.29, 0.717) is 0 Å². The first kappa shape index (κ1) is 19.0. The van der Waals surface area contributed by atoms with E-state index in [1.54, 1.807) is 0 Å². The van der Waals surface area contributed by atoms with Gasteiger partial charge in [0.2, 0.25) is 0 Å². The predicted molar refractivity (Wildman–Crippen MR) is 102 cm³/mol. The second-order valence-electron chi connectivity index (χ2n) is 5.86. The van der Waals surface area contributed by atoms with Crippen molar-refractivity contribution in [3.8, 4) is 0 Å². The van der Waals surface area contributed by atoms with Crippen molar-refractivity contribution < 1.29 is 13.2 Å². The molecule has 0 aromatic heterocycles. The fourth-order valence-corrected chi connectivity index (χ4v) is 4.48. The van der Waals surface area contributed by atoms with Crippen molar-refractivity contribution in [1.29, 1.82) is 0 Å². The molecule has 0 bridgehead atoms. The maximum atomic E-state index is 12.3. The molecule has 1 heterocycles. The molecule has 2 aromatic rings. The van der Waals surface area contributed by atoms with Crippen LogP contribution in [-0.4, -0.2) is 27.4 Å². The Bertz CT molecular complexity index is 935.